The van der Waals surface area contributed by atoms with Crippen LogP contribution in [0.5, 0.6) is 0 Å². The van der Waals surface area contributed by atoms with Crippen LogP contribution in [0.2, 0.25) is 0 Å². The molecular weight excluding hydrogens is 228 g/mol. The standard InChI is InChI=1S/C15H24O3/c1-4-7-12(8-11(5-2)6-3)13-9-14(16)18-15(17)10-13/h5,11-13H,2,4,6-10H2,1,3H3. The van der Waals surface area contributed by atoms with E-state index in [4.69, 9.17) is 0 Å². The summed E-state index contributed by atoms with van der Waals surface area (Å²) < 4.78 is 4.60. The third kappa shape index (κ3) is 4.28. The van der Waals surface area contributed by atoms with Gasteiger partial charge in [0, 0.05) is 12.8 Å². The Morgan fingerprint density at radius 1 is 1.33 bits per heavy atom. The van der Waals surface area contributed by atoms with Crippen LogP contribution in [0.3, 0.4) is 0 Å². The van der Waals surface area contributed by atoms with Gasteiger partial charge in [-0.1, -0.05) is 32.8 Å². The van der Waals surface area contributed by atoms with Gasteiger partial charge >= 0.3 is 11.9 Å². The molecule has 1 rings (SSSR count). The van der Waals surface area contributed by atoms with Crippen molar-refractivity contribution in [3.8, 4) is 0 Å². The second kappa shape index (κ2) is 7.34. The molecule has 1 fully saturated rings. The van der Waals surface area contributed by atoms with E-state index < -0.39 is 0 Å². The smallest absolute Gasteiger partial charge is 0.313 e. The molecule has 2 atom stereocenters. The Labute approximate surface area is 110 Å². The molecule has 0 aromatic heterocycles. The molecule has 102 valence electrons. The first kappa shape index (κ1) is 14.9. The Morgan fingerprint density at radius 2 is 1.94 bits per heavy atom. The maximum atomic E-state index is 11.4. The van der Waals surface area contributed by atoms with Crippen molar-refractivity contribution < 1.29 is 14.3 Å². The first-order chi connectivity index (χ1) is 8.60. The van der Waals surface area contributed by atoms with Crippen LogP contribution in [0.1, 0.15) is 52.4 Å². The molecule has 0 radical (unpaired) electrons. The van der Waals surface area contributed by atoms with E-state index in [0.29, 0.717) is 24.7 Å². The highest BCUT2D eigenvalue weighted by Crippen LogP contribution is 2.34. The van der Waals surface area contributed by atoms with Crippen LogP contribution in [0.25, 0.3) is 0 Å². The normalized spacial score (nSPS) is 20.3. The van der Waals surface area contributed by atoms with Crippen molar-refractivity contribution in [2.24, 2.45) is 17.8 Å². The number of hydrogen-bond donors (Lipinski definition) is 0. The zero-order valence-corrected chi connectivity index (χ0v) is 11.5. The minimum Gasteiger partial charge on any atom is -0.393 e. The van der Waals surface area contributed by atoms with Crippen molar-refractivity contribution in [2.75, 3.05) is 0 Å². The van der Waals surface area contributed by atoms with Crippen molar-refractivity contribution in [1.82, 2.24) is 0 Å². The van der Waals surface area contributed by atoms with Gasteiger partial charge in [-0.3, -0.25) is 9.59 Å². The molecule has 0 N–H and O–H groups in total. The maximum Gasteiger partial charge on any atom is 0.313 e. The average molecular weight is 252 g/mol. The van der Waals surface area contributed by atoms with E-state index in [1.165, 1.54) is 0 Å². The second-order valence-corrected chi connectivity index (χ2v) is 5.20. The highest BCUT2D eigenvalue weighted by molar-refractivity contribution is 5.88. The fraction of sp³-hybridized carbons (Fsp3) is 0.733. The number of cyclic esters (lactones) is 2. The summed E-state index contributed by atoms with van der Waals surface area (Å²) in [6.07, 6.45) is 7.01. The second-order valence-electron chi connectivity index (χ2n) is 5.20. The summed E-state index contributed by atoms with van der Waals surface area (Å²) in [5.41, 5.74) is 0. The number of hydrogen-bond acceptors (Lipinski definition) is 3. The highest BCUT2D eigenvalue weighted by Gasteiger charge is 2.33. The summed E-state index contributed by atoms with van der Waals surface area (Å²) in [4.78, 5) is 22.7. The summed E-state index contributed by atoms with van der Waals surface area (Å²) in [6.45, 7) is 8.15. The van der Waals surface area contributed by atoms with Gasteiger partial charge in [-0.05, 0) is 30.6 Å². The van der Waals surface area contributed by atoms with Crippen molar-refractivity contribution in [2.45, 2.75) is 52.4 Å². The molecule has 0 amide bonds. The van der Waals surface area contributed by atoms with E-state index in [1.807, 2.05) is 6.08 Å². The van der Waals surface area contributed by atoms with Gasteiger partial charge in [-0.25, -0.2) is 0 Å². The minimum atomic E-state index is -0.357. The van der Waals surface area contributed by atoms with Gasteiger partial charge in [0.05, 0.1) is 0 Å². The first-order valence-corrected chi connectivity index (χ1v) is 6.96. The predicted octanol–water partition coefficient (Wildman–Crippen LogP) is 3.48. The van der Waals surface area contributed by atoms with Crippen LogP contribution in [-0.2, 0) is 14.3 Å². The van der Waals surface area contributed by atoms with Crippen LogP contribution >= 0.6 is 0 Å². The molecule has 3 nitrogen and oxygen atoms in total. The first-order valence-electron chi connectivity index (χ1n) is 6.96. The number of carbonyl (C=O) groups is 2. The van der Waals surface area contributed by atoms with Crippen molar-refractivity contribution in [3.63, 3.8) is 0 Å². The van der Waals surface area contributed by atoms with E-state index in [-0.39, 0.29) is 17.9 Å². The Hall–Kier alpha value is -1.12. The molecule has 0 aliphatic carbocycles. The monoisotopic (exact) mass is 252 g/mol. The van der Waals surface area contributed by atoms with Gasteiger partial charge in [0.2, 0.25) is 0 Å². The molecule has 0 bridgehead atoms. The lowest BCUT2D eigenvalue weighted by atomic mass is 9.77. The number of ether oxygens (including phenoxy) is 1. The number of esters is 2. The van der Waals surface area contributed by atoms with Crippen LogP contribution in [0, 0.1) is 17.8 Å². The molecule has 0 spiro atoms. The number of carbonyl (C=O) groups excluding carboxylic acids is 2. The molecule has 1 aliphatic heterocycles. The van der Waals surface area contributed by atoms with Crippen molar-refractivity contribution in [1.29, 1.82) is 0 Å². The molecule has 1 aliphatic rings. The van der Waals surface area contributed by atoms with Crippen molar-refractivity contribution in [3.05, 3.63) is 12.7 Å². The SMILES string of the molecule is C=CC(CC)CC(CCC)C1CC(=O)OC(=O)C1. The zero-order chi connectivity index (χ0) is 13.5. The van der Waals surface area contributed by atoms with Gasteiger partial charge in [-0.15, -0.1) is 6.58 Å². The van der Waals surface area contributed by atoms with E-state index >= 15 is 0 Å². The summed E-state index contributed by atoms with van der Waals surface area (Å²) in [5.74, 6) is 0.352. The van der Waals surface area contributed by atoms with E-state index in [2.05, 4.69) is 25.2 Å². The summed E-state index contributed by atoms with van der Waals surface area (Å²) in [6, 6.07) is 0. The number of rotatable bonds is 7. The van der Waals surface area contributed by atoms with E-state index in [0.717, 1.165) is 25.7 Å². The molecule has 18 heavy (non-hydrogen) atoms. The number of allylic oxidation sites excluding steroid dienone is 1. The Kier molecular flexibility index (Phi) is 6.10. The average Bonchev–Trinajstić information content (AvgIpc) is 2.33. The molecule has 1 heterocycles. The van der Waals surface area contributed by atoms with Gasteiger partial charge in [0.15, 0.2) is 0 Å². The van der Waals surface area contributed by atoms with Crippen LogP contribution in [0.4, 0.5) is 0 Å². The van der Waals surface area contributed by atoms with E-state index in [1.54, 1.807) is 0 Å². The Morgan fingerprint density at radius 3 is 2.39 bits per heavy atom. The van der Waals surface area contributed by atoms with Crippen molar-refractivity contribution >= 4 is 11.9 Å². The van der Waals surface area contributed by atoms with Crippen LogP contribution in [-0.4, -0.2) is 11.9 Å². The molecular formula is C15H24O3. The third-order valence-electron chi connectivity index (χ3n) is 3.87. The zero-order valence-electron chi connectivity index (χ0n) is 11.5. The molecule has 0 aromatic rings. The third-order valence-corrected chi connectivity index (χ3v) is 3.87. The van der Waals surface area contributed by atoms with Gasteiger partial charge in [0.1, 0.15) is 0 Å². The Balaban J connectivity index is 2.67. The fourth-order valence-corrected chi connectivity index (χ4v) is 2.78. The Bertz CT molecular complexity index is 293. The lowest BCUT2D eigenvalue weighted by Gasteiger charge is -2.30. The summed E-state index contributed by atoms with van der Waals surface area (Å²) in [5, 5.41) is 0. The molecule has 0 aromatic carbocycles. The van der Waals surface area contributed by atoms with Gasteiger partial charge in [0.25, 0.3) is 0 Å². The van der Waals surface area contributed by atoms with Crippen LogP contribution in [0.15, 0.2) is 12.7 Å². The molecule has 0 saturated carbocycles. The maximum absolute atomic E-state index is 11.4. The lowest BCUT2D eigenvalue weighted by molar-refractivity contribution is -0.166. The van der Waals surface area contributed by atoms with E-state index in [9.17, 15) is 9.59 Å². The fourth-order valence-electron chi connectivity index (χ4n) is 2.78. The van der Waals surface area contributed by atoms with Gasteiger partial charge < -0.3 is 4.74 Å². The molecule has 2 unspecified atom stereocenters. The van der Waals surface area contributed by atoms with Crippen LogP contribution < -0.4 is 0 Å². The summed E-state index contributed by atoms with van der Waals surface area (Å²) in [7, 11) is 0. The molecule has 3 heteroatoms. The van der Waals surface area contributed by atoms with Gasteiger partial charge in [-0.2, -0.15) is 0 Å². The predicted molar refractivity (Wildman–Crippen MR) is 70.8 cm³/mol. The largest absolute Gasteiger partial charge is 0.393 e. The summed E-state index contributed by atoms with van der Waals surface area (Å²) >= 11 is 0. The topological polar surface area (TPSA) is 43.4 Å². The molecule has 1 saturated heterocycles. The minimum absolute atomic E-state index is 0.160. The quantitative estimate of drug-likeness (QED) is 0.396. The lowest BCUT2D eigenvalue weighted by Crippen LogP contribution is -2.31. The highest BCUT2D eigenvalue weighted by atomic mass is 16.6.